The number of fused-ring (bicyclic) bond motifs is 1. The Morgan fingerprint density at radius 3 is 2.69 bits per heavy atom. The first kappa shape index (κ1) is 20.3. The predicted octanol–water partition coefficient (Wildman–Crippen LogP) is 4.43. The number of nitrogens with one attached hydrogen (secondary N) is 1. The van der Waals surface area contributed by atoms with Gasteiger partial charge in [-0.05, 0) is 74.0 Å². The van der Waals surface area contributed by atoms with E-state index in [1.807, 2.05) is 0 Å². The number of benzene rings is 2. The molecule has 0 aliphatic carbocycles. The number of hydrogen-bond acceptors (Lipinski definition) is 4. The molecule has 2 aliphatic rings. The zero-order valence-corrected chi connectivity index (χ0v) is 18.1. The molecule has 0 saturated carbocycles. The summed E-state index contributed by atoms with van der Waals surface area (Å²) in [5, 5.41) is 3.13. The Morgan fingerprint density at radius 1 is 1.21 bits per heavy atom. The molecule has 5 heteroatoms. The summed E-state index contributed by atoms with van der Waals surface area (Å²) >= 11 is 1.73. The molecular formula is C24H30N2O2S. The highest BCUT2D eigenvalue weighted by molar-refractivity contribution is 7.98. The van der Waals surface area contributed by atoms with Crippen LogP contribution in [0.3, 0.4) is 0 Å². The summed E-state index contributed by atoms with van der Waals surface area (Å²) in [5.41, 5.74) is 3.78. The normalized spacial score (nSPS) is 18.1. The van der Waals surface area contributed by atoms with E-state index in [9.17, 15) is 4.79 Å². The Bertz CT molecular complexity index is 844. The van der Waals surface area contributed by atoms with E-state index in [0.717, 1.165) is 50.3 Å². The van der Waals surface area contributed by atoms with Crippen LogP contribution in [0.15, 0.2) is 47.4 Å². The van der Waals surface area contributed by atoms with Crippen molar-refractivity contribution in [1.82, 2.24) is 10.2 Å². The first-order valence-corrected chi connectivity index (χ1v) is 11.8. The van der Waals surface area contributed by atoms with Crippen molar-refractivity contribution in [3.05, 3.63) is 59.2 Å². The average Bonchev–Trinajstić information content (AvgIpc) is 3.25. The van der Waals surface area contributed by atoms with E-state index in [2.05, 4.69) is 65.9 Å². The van der Waals surface area contributed by atoms with Crippen LogP contribution in [-0.2, 0) is 17.8 Å². The zero-order valence-electron chi connectivity index (χ0n) is 17.3. The van der Waals surface area contributed by atoms with Gasteiger partial charge in [0.15, 0.2) is 0 Å². The third kappa shape index (κ3) is 4.78. The molecule has 154 valence electrons. The van der Waals surface area contributed by atoms with Crippen LogP contribution in [0.4, 0.5) is 0 Å². The lowest BCUT2D eigenvalue weighted by molar-refractivity contribution is -0.126. The van der Waals surface area contributed by atoms with Crippen molar-refractivity contribution in [3.63, 3.8) is 0 Å². The molecular weight excluding hydrogens is 380 g/mol. The number of likely N-dealkylation sites (tertiary alicyclic amines) is 1. The predicted molar refractivity (Wildman–Crippen MR) is 118 cm³/mol. The summed E-state index contributed by atoms with van der Waals surface area (Å²) < 4.78 is 5.73. The van der Waals surface area contributed by atoms with E-state index in [1.54, 1.807) is 11.8 Å². The molecule has 0 aromatic heterocycles. The van der Waals surface area contributed by atoms with Gasteiger partial charge in [-0.1, -0.05) is 24.3 Å². The van der Waals surface area contributed by atoms with Gasteiger partial charge < -0.3 is 10.1 Å². The third-order valence-corrected chi connectivity index (χ3v) is 7.02. The molecule has 0 radical (unpaired) electrons. The van der Waals surface area contributed by atoms with Gasteiger partial charge in [0.2, 0.25) is 5.91 Å². The highest BCUT2D eigenvalue weighted by atomic mass is 32.2. The Labute approximate surface area is 178 Å². The maximum atomic E-state index is 12.6. The van der Waals surface area contributed by atoms with E-state index in [4.69, 9.17) is 4.74 Å². The molecule has 29 heavy (non-hydrogen) atoms. The average molecular weight is 411 g/mol. The molecule has 1 N–H and O–H groups in total. The Morgan fingerprint density at radius 2 is 1.97 bits per heavy atom. The van der Waals surface area contributed by atoms with Crippen molar-refractivity contribution in [3.8, 4) is 5.75 Å². The molecule has 0 spiro atoms. The number of nitrogens with zero attached hydrogens (tertiary/aromatic N) is 1. The van der Waals surface area contributed by atoms with Crippen molar-refractivity contribution in [2.45, 2.75) is 43.7 Å². The molecule has 4 rings (SSSR count). The van der Waals surface area contributed by atoms with Crippen LogP contribution in [0.5, 0.6) is 5.75 Å². The smallest absolute Gasteiger partial charge is 0.223 e. The number of thioether (sulfide) groups is 1. The molecule has 2 aliphatic heterocycles. The maximum Gasteiger partial charge on any atom is 0.223 e. The van der Waals surface area contributed by atoms with Crippen LogP contribution >= 0.6 is 11.8 Å². The van der Waals surface area contributed by atoms with E-state index >= 15 is 0 Å². The van der Waals surface area contributed by atoms with Crippen LogP contribution in [0.1, 0.15) is 42.5 Å². The fourth-order valence-electron chi connectivity index (χ4n) is 4.28. The van der Waals surface area contributed by atoms with Crippen LogP contribution < -0.4 is 10.1 Å². The van der Waals surface area contributed by atoms with Gasteiger partial charge in [-0.3, -0.25) is 9.69 Å². The summed E-state index contributed by atoms with van der Waals surface area (Å²) in [4.78, 5) is 16.4. The maximum absolute atomic E-state index is 12.6. The largest absolute Gasteiger partial charge is 0.493 e. The quantitative estimate of drug-likeness (QED) is 0.715. The molecule has 1 unspecified atom stereocenters. The number of amides is 1. The number of rotatable bonds is 6. The highest BCUT2D eigenvalue weighted by Crippen LogP contribution is 2.32. The lowest BCUT2D eigenvalue weighted by Crippen LogP contribution is -2.41. The number of ether oxygens (including phenoxy) is 1. The van der Waals surface area contributed by atoms with Gasteiger partial charge in [0.05, 0.1) is 6.61 Å². The first-order chi connectivity index (χ1) is 14.1. The summed E-state index contributed by atoms with van der Waals surface area (Å²) in [5.74, 6) is 1.36. The third-order valence-electron chi connectivity index (χ3n) is 6.28. The van der Waals surface area contributed by atoms with Gasteiger partial charge in [-0.25, -0.2) is 0 Å². The molecule has 1 fully saturated rings. The van der Waals surface area contributed by atoms with Crippen molar-refractivity contribution in [1.29, 1.82) is 0 Å². The number of piperidine rings is 1. The Hall–Kier alpha value is -1.98. The lowest BCUT2D eigenvalue weighted by atomic mass is 9.93. The summed E-state index contributed by atoms with van der Waals surface area (Å²) in [6, 6.07) is 15.4. The second-order valence-electron chi connectivity index (χ2n) is 8.02. The fraction of sp³-hybridized carbons (Fsp3) is 0.458. The standard InChI is InChI=1S/C24H30N2O2S/c1-17(21-6-5-19-11-14-28-23(19)15-21)26-12-9-20(10-13-26)24(27)25-16-18-3-7-22(29-2)8-4-18/h3-8,15,17,20H,9-14,16H2,1-2H3,(H,25,27). The number of carbonyl (C=O) groups excluding carboxylic acids is 1. The molecule has 1 amide bonds. The van der Waals surface area contributed by atoms with Crippen molar-refractivity contribution in [2.24, 2.45) is 5.92 Å². The second-order valence-corrected chi connectivity index (χ2v) is 8.90. The molecule has 4 nitrogen and oxygen atoms in total. The van der Waals surface area contributed by atoms with Crippen molar-refractivity contribution < 1.29 is 9.53 Å². The zero-order chi connectivity index (χ0) is 20.2. The van der Waals surface area contributed by atoms with Crippen molar-refractivity contribution >= 4 is 17.7 Å². The molecule has 1 atom stereocenters. The van der Waals surface area contributed by atoms with Crippen LogP contribution in [-0.4, -0.2) is 36.8 Å². The minimum atomic E-state index is 0.118. The van der Waals surface area contributed by atoms with Crippen LogP contribution in [0.2, 0.25) is 0 Å². The number of carbonyl (C=O) groups is 1. The minimum absolute atomic E-state index is 0.118. The minimum Gasteiger partial charge on any atom is -0.493 e. The van der Waals surface area contributed by atoms with E-state index in [1.165, 1.54) is 16.0 Å². The van der Waals surface area contributed by atoms with E-state index in [0.29, 0.717) is 12.6 Å². The SMILES string of the molecule is CSc1ccc(CNC(=O)C2CCN(C(C)c3ccc4c(c3)OCC4)CC2)cc1. The first-order valence-electron chi connectivity index (χ1n) is 10.5. The lowest BCUT2D eigenvalue weighted by Gasteiger charge is -2.35. The van der Waals surface area contributed by atoms with Gasteiger partial charge in [0, 0.05) is 29.8 Å². The molecule has 2 aromatic rings. The monoisotopic (exact) mass is 410 g/mol. The summed E-state index contributed by atoms with van der Waals surface area (Å²) in [7, 11) is 0. The van der Waals surface area contributed by atoms with E-state index in [-0.39, 0.29) is 11.8 Å². The van der Waals surface area contributed by atoms with Crippen LogP contribution in [0, 0.1) is 5.92 Å². The topological polar surface area (TPSA) is 41.6 Å². The van der Waals surface area contributed by atoms with Gasteiger partial charge >= 0.3 is 0 Å². The molecule has 2 aromatic carbocycles. The van der Waals surface area contributed by atoms with Gasteiger partial charge in [0.25, 0.3) is 0 Å². The fourth-order valence-corrected chi connectivity index (χ4v) is 4.69. The van der Waals surface area contributed by atoms with Gasteiger partial charge in [0.1, 0.15) is 5.75 Å². The number of hydrogen-bond donors (Lipinski definition) is 1. The molecule has 2 heterocycles. The molecule has 1 saturated heterocycles. The highest BCUT2D eigenvalue weighted by Gasteiger charge is 2.28. The van der Waals surface area contributed by atoms with Crippen molar-refractivity contribution in [2.75, 3.05) is 26.0 Å². The summed E-state index contributed by atoms with van der Waals surface area (Å²) in [6.07, 6.45) is 4.93. The summed E-state index contributed by atoms with van der Waals surface area (Å²) in [6.45, 7) is 5.59. The van der Waals surface area contributed by atoms with Crippen LogP contribution in [0.25, 0.3) is 0 Å². The Balaban J connectivity index is 1.26. The van der Waals surface area contributed by atoms with E-state index < -0.39 is 0 Å². The second kappa shape index (κ2) is 9.23. The molecule has 0 bridgehead atoms. The van der Waals surface area contributed by atoms with Gasteiger partial charge in [-0.15, -0.1) is 11.8 Å². The Kier molecular flexibility index (Phi) is 6.46. The van der Waals surface area contributed by atoms with Gasteiger partial charge in [-0.2, -0.15) is 0 Å².